The Morgan fingerprint density at radius 2 is 1.67 bits per heavy atom. The molecule has 0 aromatic rings. The van der Waals surface area contributed by atoms with E-state index >= 15 is 0 Å². The van der Waals surface area contributed by atoms with Gasteiger partial charge in [0.2, 0.25) is 0 Å². The number of allylic oxidation sites excluding steroid dienone is 4. The molecule has 1 unspecified atom stereocenters. The van der Waals surface area contributed by atoms with E-state index in [4.69, 9.17) is 0 Å². The molecule has 0 N–H and O–H groups in total. The fraction of sp³-hybridized carbons (Fsp3) is 0.778. The van der Waals surface area contributed by atoms with E-state index in [2.05, 4.69) is 67.5 Å². The third kappa shape index (κ3) is 7.03. The van der Waals surface area contributed by atoms with Crippen LogP contribution in [-0.4, -0.2) is 0 Å². The van der Waals surface area contributed by atoms with E-state index in [1.807, 2.05) is 0 Å². The molecule has 0 fully saturated rings. The fourth-order valence-electron chi connectivity index (χ4n) is 2.72. The quantitative estimate of drug-likeness (QED) is 0.479. The van der Waals surface area contributed by atoms with Gasteiger partial charge in [-0.3, -0.25) is 0 Å². The van der Waals surface area contributed by atoms with Crippen molar-refractivity contribution in [3.05, 3.63) is 23.3 Å². The zero-order chi connectivity index (χ0) is 14.3. The molecule has 0 saturated carbocycles. The molecule has 0 radical (unpaired) electrons. The maximum Gasteiger partial charge on any atom is -0.0189 e. The summed E-state index contributed by atoms with van der Waals surface area (Å²) in [5, 5.41) is 0. The molecular weight excluding hydrogens is 216 g/mol. The molecule has 0 aliphatic carbocycles. The van der Waals surface area contributed by atoms with Gasteiger partial charge in [0.05, 0.1) is 0 Å². The van der Waals surface area contributed by atoms with Crippen molar-refractivity contribution in [2.24, 2.45) is 17.3 Å². The SMILES string of the molecule is C/C=C\C(=C(/CC)CC(C)(C)C)C(C)CC(C)C. The average Bonchev–Trinajstić information content (AvgIpc) is 2.20. The summed E-state index contributed by atoms with van der Waals surface area (Å²) in [6.45, 7) is 18.5. The van der Waals surface area contributed by atoms with Crippen LogP contribution in [0.25, 0.3) is 0 Å². The van der Waals surface area contributed by atoms with Gasteiger partial charge >= 0.3 is 0 Å². The Morgan fingerprint density at radius 1 is 1.11 bits per heavy atom. The van der Waals surface area contributed by atoms with E-state index in [1.165, 1.54) is 19.3 Å². The zero-order valence-electron chi connectivity index (χ0n) is 13.9. The lowest BCUT2D eigenvalue weighted by Gasteiger charge is -2.25. The molecule has 0 aromatic carbocycles. The highest BCUT2D eigenvalue weighted by Crippen LogP contribution is 2.32. The zero-order valence-corrected chi connectivity index (χ0v) is 13.9. The molecule has 106 valence electrons. The summed E-state index contributed by atoms with van der Waals surface area (Å²) < 4.78 is 0. The Hall–Kier alpha value is -0.520. The van der Waals surface area contributed by atoms with Gasteiger partial charge in [-0.2, -0.15) is 0 Å². The topological polar surface area (TPSA) is 0 Å². The van der Waals surface area contributed by atoms with E-state index in [0.717, 1.165) is 5.92 Å². The summed E-state index contributed by atoms with van der Waals surface area (Å²) >= 11 is 0. The number of hydrogen-bond acceptors (Lipinski definition) is 0. The van der Waals surface area contributed by atoms with E-state index in [9.17, 15) is 0 Å². The second kappa shape index (κ2) is 7.81. The minimum absolute atomic E-state index is 0.385. The van der Waals surface area contributed by atoms with Gasteiger partial charge in [-0.25, -0.2) is 0 Å². The third-order valence-electron chi connectivity index (χ3n) is 3.28. The smallest absolute Gasteiger partial charge is 0.0189 e. The summed E-state index contributed by atoms with van der Waals surface area (Å²) in [7, 11) is 0. The number of hydrogen-bond donors (Lipinski definition) is 0. The second-order valence-corrected chi connectivity index (χ2v) is 7.18. The van der Waals surface area contributed by atoms with Crippen molar-refractivity contribution in [2.45, 2.75) is 74.7 Å². The Bertz CT molecular complexity index is 284. The Balaban J connectivity index is 5.22. The van der Waals surface area contributed by atoms with Crippen LogP contribution < -0.4 is 0 Å². The molecule has 1 atom stereocenters. The van der Waals surface area contributed by atoms with Gasteiger partial charge in [0.15, 0.2) is 0 Å². The van der Waals surface area contributed by atoms with Gasteiger partial charge in [-0.15, -0.1) is 0 Å². The van der Waals surface area contributed by atoms with Crippen LogP contribution in [0.5, 0.6) is 0 Å². The fourth-order valence-corrected chi connectivity index (χ4v) is 2.72. The third-order valence-corrected chi connectivity index (χ3v) is 3.28. The minimum atomic E-state index is 0.385. The normalized spacial score (nSPS) is 16.3. The van der Waals surface area contributed by atoms with Crippen molar-refractivity contribution >= 4 is 0 Å². The largest absolute Gasteiger partial charge is 0.0874 e. The van der Waals surface area contributed by atoms with Crippen molar-refractivity contribution in [1.29, 1.82) is 0 Å². The van der Waals surface area contributed by atoms with Crippen molar-refractivity contribution in [1.82, 2.24) is 0 Å². The summed E-state index contributed by atoms with van der Waals surface area (Å²) in [5.74, 6) is 1.45. The van der Waals surface area contributed by atoms with Crippen molar-refractivity contribution in [3.63, 3.8) is 0 Å². The molecule has 0 heterocycles. The van der Waals surface area contributed by atoms with Gasteiger partial charge in [-0.05, 0) is 49.0 Å². The molecule has 0 aliphatic rings. The molecule has 0 rings (SSSR count). The van der Waals surface area contributed by atoms with Crippen LogP contribution in [0.15, 0.2) is 23.3 Å². The number of rotatable bonds is 6. The summed E-state index contributed by atoms with van der Waals surface area (Å²) in [6.07, 6.45) is 8.22. The molecule has 0 heteroatoms. The maximum atomic E-state index is 2.38. The molecule has 0 spiro atoms. The second-order valence-electron chi connectivity index (χ2n) is 7.18. The molecule has 0 amide bonds. The van der Waals surface area contributed by atoms with E-state index in [1.54, 1.807) is 11.1 Å². The van der Waals surface area contributed by atoms with Crippen molar-refractivity contribution in [2.75, 3.05) is 0 Å². The van der Waals surface area contributed by atoms with Crippen LogP contribution in [0.4, 0.5) is 0 Å². The predicted octanol–water partition coefficient (Wildman–Crippen LogP) is 6.39. The molecule has 0 aliphatic heterocycles. The first-order chi connectivity index (χ1) is 8.21. The van der Waals surface area contributed by atoms with Crippen LogP contribution in [0, 0.1) is 17.3 Å². The van der Waals surface area contributed by atoms with Crippen molar-refractivity contribution < 1.29 is 0 Å². The van der Waals surface area contributed by atoms with Gasteiger partial charge in [0.1, 0.15) is 0 Å². The lowest BCUT2D eigenvalue weighted by atomic mass is 9.80. The molecule has 18 heavy (non-hydrogen) atoms. The highest BCUT2D eigenvalue weighted by Gasteiger charge is 2.18. The van der Waals surface area contributed by atoms with Gasteiger partial charge in [-0.1, -0.05) is 66.2 Å². The predicted molar refractivity (Wildman–Crippen MR) is 84.8 cm³/mol. The molecule has 0 saturated heterocycles. The van der Waals surface area contributed by atoms with Crippen LogP contribution in [0.3, 0.4) is 0 Å². The Labute approximate surface area is 116 Å². The first-order valence-corrected chi connectivity index (χ1v) is 7.55. The van der Waals surface area contributed by atoms with E-state index in [0.29, 0.717) is 11.3 Å². The first-order valence-electron chi connectivity index (χ1n) is 7.55. The van der Waals surface area contributed by atoms with Crippen molar-refractivity contribution in [3.8, 4) is 0 Å². The van der Waals surface area contributed by atoms with Crippen LogP contribution in [0.2, 0.25) is 0 Å². The molecule has 0 aromatic heterocycles. The highest BCUT2D eigenvalue weighted by atomic mass is 14.2. The Morgan fingerprint density at radius 3 is 2.00 bits per heavy atom. The molecule has 0 nitrogen and oxygen atoms in total. The first kappa shape index (κ1) is 17.5. The molecular formula is C18H34. The summed E-state index contributed by atoms with van der Waals surface area (Å²) in [6, 6.07) is 0. The van der Waals surface area contributed by atoms with Crippen LogP contribution in [-0.2, 0) is 0 Å². The molecule has 0 bridgehead atoms. The summed E-state index contributed by atoms with van der Waals surface area (Å²) in [4.78, 5) is 0. The maximum absolute atomic E-state index is 2.38. The van der Waals surface area contributed by atoms with E-state index < -0.39 is 0 Å². The van der Waals surface area contributed by atoms with E-state index in [-0.39, 0.29) is 0 Å². The monoisotopic (exact) mass is 250 g/mol. The van der Waals surface area contributed by atoms with Gasteiger partial charge < -0.3 is 0 Å². The van der Waals surface area contributed by atoms with Gasteiger partial charge in [0, 0.05) is 0 Å². The summed E-state index contributed by atoms with van der Waals surface area (Å²) in [5.41, 5.74) is 3.62. The van der Waals surface area contributed by atoms with Gasteiger partial charge in [0.25, 0.3) is 0 Å². The lowest BCUT2D eigenvalue weighted by molar-refractivity contribution is 0.399. The average molecular weight is 250 g/mol. The van der Waals surface area contributed by atoms with Crippen LogP contribution >= 0.6 is 0 Å². The minimum Gasteiger partial charge on any atom is -0.0874 e. The lowest BCUT2D eigenvalue weighted by Crippen LogP contribution is -2.11. The Kier molecular flexibility index (Phi) is 7.59. The van der Waals surface area contributed by atoms with Crippen LogP contribution in [0.1, 0.15) is 74.7 Å². The standard InChI is InChI=1S/C18H34/c1-9-11-17(15(5)12-14(3)4)16(10-2)13-18(6,7)8/h9,11,14-15H,10,12-13H2,1-8H3/b11-9-,17-16-. The highest BCUT2D eigenvalue weighted by molar-refractivity contribution is 5.28.